The van der Waals surface area contributed by atoms with Gasteiger partial charge in [-0.3, -0.25) is 9.59 Å². The highest BCUT2D eigenvalue weighted by atomic mass is 16.7. The molecule has 0 bridgehead atoms. The quantitative estimate of drug-likeness (QED) is 0.0196. The normalized spacial score (nSPS) is 20.4. The molecule has 8 atom stereocenters. The number of aliphatic hydroxyl groups is 5. The predicted molar refractivity (Wildman–Crippen MR) is 264 cm³/mol. The van der Waals surface area contributed by atoms with E-state index in [2.05, 4.69) is 38.2 Å². The molecule has 1 amide bonds. The average Bonchev–Trinajstić information content (AvgIpc) is 3.30. The number of unbranched alkanes of at least 4 members (excludes halogenated alkanes) is 29. The Morgan fingerprint density at radius 2 is 1.03 bits per heavy atom. The fraction of sp³-hybridized carbons (Fsp3) is 0.889. The average molecular weight is 924 g/mol. The van der Waals surface area contributed by atoms with Gasteiger partial charge in [-0.05, 0) is 44.9 Å². The van der Waals surface area contributed by atoms with Gasteiger partial charge in [0.15, 0.2) is 12.4 Å². The maximum atomic E-state index is 13.3. The standard InChI is InChI=1S/C54H101NO10/c1-4-7-10-13-16-19-22-23-24-27-29-32-35-38-41-47(58)53(62)55-45(46(57)40-37-34-31-28-25-20-17-14-11-8-5-2)44-63-54-52(51(61)50(60)48(43-56)64-54)65-49(59)42-39-36-33-30-26-21-18-15-12-9-6-3/h15,18,37,40,45-48,50-52,54,56-58,60-61H,4-14,16-17,19-36,38-39,41-44H2,1-3H3,(H,55,62)/b18-15-,40-37+. The van der Waals surface area contributed by atoms with E-state index < -0.39 is 67.4 Å². The van der Waals surface area contributed by atoms with Crippen LogP contribution in [0.1, 0.15) is 245 Å². The molecule has 11 heteroatoms. The Kier molecular flexibility index (Phi) is 40.9. The molecular formula is C54H101NO10. The summed E-state index contributed by atoms with van der Waals surface area (Å²) in [4.78, 5) is 26.3. The first kappa shape index (κ1) is 61.2. The van der Waals surface area contributed by atoms with E-state index in [9.17, 15) is 35.1 Å². The minimum atomic E-state index is -1.61. The fourth-order valence-electron chi connectivity index (χ4n) is 8.46. The Morgan fingerprint density at radius 1 is 0.585 bits per heavy atom. The molecule has 0 aliphatic carbocycles. The van der Waals surface area contributed by atoms with Crippen molar-refractivity contribution < 1.29 is 49.3 Å². The van der Waals surface area contributed by atoms with Gasteiger partial charge in [0.1, 0.15) is 24.4 Å². The number of esters is 1. The van der Waals surface area contributed by atoms with Gasteiger partial charge in [-0.25, -0.2) is 0 Å². The van der Waals surface area contributed by atoms with E-state index in [4.69, 9.17) is 14.2 Å². The number of hydrogen-bond donors (Lipinski definition) is 6. The van der Waals surface area contributed by atoms with Gasteiger partial charge in [0.25, 0.3) is 0 Å². The van der Waals surface area contributed by atoms with E-state index >= 15 is 0 Å². The second-order valence-corrected chi connectivity index (χ2v) is 19.0. The maximum Gasteiger partial charge on any atom is 0.306 e. The van der Waals surface area contributed by atoms with Crippen LogP contribution in [0.3, 0.4) is 0 Å². The van der Waals surface area contributed by atoms with Crippen LogP contribution in [-0.2, 0) is 23.8 Å². The van der Waals surface area contributed by atoms with Gasteiger partial charge in [0, 0.05) is 6.42 Å². The van der Waals surface area contributed by atoms with Crippen LogP contribution in [0.4, 0.5) is 0 Å². The van der Waals surface area contributed by atoms with Crippen LogP contribution in [0.25, 0.3) is 0 Å². The van der Waals surface area contributed by atoms with Crippen LogP contribution < -0.4 is 5.32 Å². The molecule has 382 valence electrons. The van der Waals surface area contributed by atoms with Gasteiger partial charge < -0.3 is 45.1 Å². The molecule has 1 saturated heterocycles. The minimum absolute atomic E-state index is 0.116. The summed E-state index contributed by atoms with van der Waals surface area (Å²) in [5.74, 6) is -1.20. The molecule has 1 fully saturated rings. The topological polar surface area (TPSA) is 175 Å². The summed E-state index contributed by atoms with van der Waals surface area (Å²) < 4.78 is 17.5. The lowest BCUT2D eigenvalue weighted by molar-refractivity contribution is -0.305. The lowest BCUT2D eigenvalue weighted by Gasteiger charge is -2.41. The van der Waals surface area contributed by atoms with Crippen LogP contribution in [0, 0.1) is 0 Å². The first-order chi connectivity index (χ1) is 31.7. The van der Waals surface area contributed by atoms with Gasteiger partial charge >= 0.3 is 5.97 Å². The van der Waals surface area contributed by atoms with Crippen LogP contribution in [0.15, 0.2) is 24.3 Å². The zero-order chi connectivity index (χ0) is 47.6. The van der Waals surface area contributed by atoms with Crippen LogP contribution in [-0.4, -0.2) is 99.6 Å². The lowest BCUT2D eigenvalue weighted by atomic mass is 9.99. The van der Waals surface area contributed by atoms with Crippen LogP contribution in [0.2, 0.25) is 0 Å². The van der Waals surface area contributed by atoms with Crippen molar-refractivity contribution in [2.75, 3.05) is 13.2 Å². The number of carbonyl (C=O) groups is 2. The SMILES string of the molecule is CCCC/C=C\CCCCCCCC(=O)OC1C(OCC(NC(=O)C(O)CCCCCCCCCCCCCCCC)C(O)/C=C/CCCCCCCCCCC)OC(CO)C(O)C1O. The number of nitrogens with one attached hydrogen (secondary N) is 1. The molecule has 0 radical (unpaired) electrons. The third-order valence-corrected chi connectivity index (χ3v) is 12.9. The molecule has 11 nitrogen and oxygen atoms in total. The zero-order valence-electron chi connectivity index (χ0n) is 41.9. The highest BCUT2D eigenvalue weighted by molar-refractivity contribution is 5.80. The summed E-state index contributed by atoms with van der Waals surface area (Å²) in [6, 6.07) is -1.02. The zero-order valence-corrected chi connectivity index (χ0v) is 41.9. The summed E-state index contributed by atoms with van der Waals surface area (Å²) in [6.07, 6.45) is 36.6. The Labute approximate surface area is 397 Å². The van der Waals surface area contributed by atoms with Crippen molar-refractivity contribution in [3.63, 3.8) is 0 Å². The molecule has 8 unspecified atom stereocenters. The third-order valence-electron chi connectivity index (χ3n) is 12.9. The summed E-state index contributed by atoms with van der Waals surface area (Å²) in [5.41, 5.74) is 0. The number of ether oxygens (including phenoxy) is 3. The number of amides is 1. The van der Waals surface area contributed by atoms with Gasteiger partial charge in [0.05, 0.1) is 25.4 Å². The highest BCUT2D eigenvalue weighted by Gasteiger charge is 2.47. The van der Waals surface area contributed by atoms with Gasteiger partial charge in [0.2, 0.25) is 5.91 Å². The first-order valence-electron chi connectivity index (χ1n) is 27.1. The number of rotatable bonds is 45. The van der Waals surface area contributed by atoms with Crippen molar-refractivity contribution in [2.45, 2.75) is 294 Å². The van der Waals surface area contributed by atoms with Crippen molar-refractivity contribution in [3.05, 3.63) is 24.3 Å². The van der Waals surface area contributed by atoms with Gasteiger partial charge in [-0.15, -0.1) is 0 Å². The Hall–Kier alpha value is -1.86. The molecule has 1 aliphatic heterocycles. The molecule has 1 heterocycles. The molecule has 0 saturated carbocycles. The Balaban J connectivity index is 2.76. The van der Waals surface area contributed by atoms with E-state index in [-0.39, 0.29) is 13.0 Å². The Bertz CT molecular complexity index is 1150. The second kappa shape index (κ2) is 43.4. The van der Waals surface area contributed by atoms with E-state index in [1.54, 1.807) is 6.08 Å². The predicted octanol–water partition coefficient (Wildman–Crippen LogP) is 11.4. The number of aliphatic hydroxyl groups excluding tert-OH is 5. The third kappa shape index (κ3) is 32.5. The van der Waals surface area contributed by atoms with Crippen molar-refractivity contribution >= 4 is 11.9 Å². The molecular weight excluding hydrogens is 823 g/mol. The minimum Gasteiger partial charge on any atom is -0.454 e. The molecule has 6 N–H and O–H groups in total. The summed E-state index contributed by atoms with van der Waals surface area (Å²) in [7, 11) is 0. The first-order valence-corrected chi connectivity index (χ1v) is 27.1. The van der Waals surface area contributed by atoms with Crippen LogP contribution in [0.5, 0.6) is 0 Å². The molecule has 1 aliphatic rings. The molecule has 0 aromatic carbocycles. The Morgan fingerprint density at radius 3 is 1.54 bits per heavy atom. The van der Waals surface area contributed by atoms with Crippen LogP contribution >= 0.6 is 0 Å². The molecule has 1 rings (SSSR count). The van der Waals surface area contributed by atoms with E-state index in [0.29, 0.717) is 19.3 Å². The maximum absolute atomic E-state index is 13.3. The molecule has 0 spiro atoms. The lowest BCUT2D eigenvalue weighted by Crippen LogP contribution is -2.61. The second-order valence-electron chi connectivity index (χ2n) is 19.0. The summed E-state index contributed by atoms with van der Waals surface area (Å²) in [5, 5.41) is 56.6. The summed E-state index contributed by atoms with van der Waals surface area (Å²) >= 11 is 0. The van der Waals surface area contributed by atoms with Gasteiger partial charge in [-0.1, -0.05) is 218 Å². The smallest absolute Gasteiger partial charge is 0.306 e. The molecule has 0 aromatic rings. The largest absolute Gasteiger partial charge is 0.454 e. The van der Waals surface area contributed by atoms with Crippen molar-refractivity contribution in [1.82, 2.24) is 5.32 Å². The number of carbonyl (C=O) groups excluding carboxylic acids is 2. The van der Waals surface area contributed by atoms with Crippen molar-refractivity contribution in [3.8, 4) is 0 Å². The number of allylic oxidation sites excluding steroid dienone is 3. The highest BCUT2D eigenvalue weighted by Crippen LogP contribution is 2.26. The molecule has 65 heavy (non-hydrogen) atoms. The van der Waals surface area contributed by atoms with E-state index in [0.717, 1.165) is 77.0 Å². The number of hydrogen-bond acceptors (Lipinski definition) is 10. The van der Waals surface area contributed by atoms with E-state index in [1.807, 2.05) is 6.08 Å². The van der Waals surface area contributed by atoms with E-state index in [1.165, 1.54) is 122 Å². The van der Waals surface area contributed by atoms with Crippen molar-refractivity contribution in [1.29, 1.82) is 0 Å². The summed E-state index contributed by atoms with van der Waals surface area (Å²) in [6.45, 7) is 5.72. The fourth-order valence-corrected chi connectivity index (χ4v) is 8.46. The van der Waals surface area contributed by atoms with Crippen molar-refractivity contribution in [2.24, 2.45) is 0 Å². The monoisotopic (exact) mass is 924 g/mol. The van der Waals surface area contributed by atoms with Gasteiger partial charge in [-0.2, -0.15) is 0 Å². The molecule has 0 aromatic heterocycles.